The highest BCUT2D eigenvalue weighted by Crippen LogP contribution is 2.39. The zero-order valence-electron chi connectivity index (χ0n) is 23.3. The van der Waals surface area contributed by atoms with E-state index in [2.05, 4.69) is 10.1 Å². The van der Waals surface area contributed by atoms with Crippen LogP contribution >= 0.6 is 0 Å². The maximum atomic E-state index is 14.8. The predicted octanol–water partition coefficient (Wildman–Crippen LogP) is 5.57. The van der Waals surface area contributed by atoms with E-state index >= 15 is 0 Å². The molecule has 1 amide bonds. The third kappa shape index (κ3) is 7.85. The van der Waals surface area contributed by atoms with Gasteiger partial charge in [0.25, 0.3) is 12.3 Å². The zero-order valence-corrected chi connectivity index (χ0v) is 23.3. The van der Waals surface area contributed by atoms with Crippen LogP contribution in [0, 0.1) is 17.0 Å². The van der Waals surface area contributed by atoms with E-state index in [1.54, 1.807) is 20.8 Å². The number of carbonyl (C=O) groups is 1. The molecule has 14 heteroatoms. The van der Waals surface area contributed by atoms with Gasteiger partial charge in [0.15, 0.2) is 11.6 Å². The number of amides is 1. The molecule has 42 heavy (non-hydrogen) atoms. The Bertz CT molecular complexity index is 1390. The summed E-state index contributed by atoms with van der Waals surface area (Å²) >= 11 is 0. The van der Waals surface area contributed by atoms with E-state index in [1.165, 1.54) is 19.1 Å². The highest BCUT2D eigenvalue weighted by atomic mass is 19.4. The number of hydrogen-bond acceptors (Lipinski definition) is 5. The number of rotatable bonds is 10. The summed E-state index contributed by atoms with van der Waals surface area (Å²) in [5, 5.41) is 14.5. The number of alkyl halides is 5. The van der Waals surface area contributed by atoms with Crippen molar-refractivity contribution in [3.05, 3.63) is 71.1 Å². The molecule has 2 aromatic carbocycles. The van der Waals surface area contributed by atoms with Crippen LogP contribution in [0.15, 0.2) is 42.5 Å². The van der Waals surface area contributed by atoms with Crippen LogP contribution in [-0.2, 0) is 17.5 Å². The number of aromatic nitrogens is 3. The van der Waals surface area contributed by atoms with Gasteiger partial charge in [0.05, 0.1) is 29.8 Å². The third-order valence-electron chi connectivity index (χ3n) is 6.50. The largest absolute Gasteiger partial charge is 0.416 e. The second kappa shape index (κ2) is 12.8. The molecule has 1 heterocycles. The van der Waals surface area contributed by atoms with Gasteiger partial charge < -0.3 is 15.7 Å². The third-order valence-corrected chi connectivity index (χ3v) is 6.50. The van der Waals surface area contributed by atoms with Gasteiger partial charge >= 0.3 is 6.18 Å². The lowest BCUT2D eigenvalue weighted by Crippen LogP contribution is -2.48. The fourth-order valence-electron chi connectivity index (χ4n) is 4.49. The monoisotopic (exact) mass is 603 g/mol. The van der Waals surface area contributed by atoms with Crippen LogP contribution in [0.2, 0.25) is 0 Å². The van der Waals surface area contributed by atoms with Crippen LogP contribution in [0.25, 0.3) is 11.4 Å². The number of nitrogens with two attached hydrogens (primary N) is 1. The molecule has 7 nitrogen and oxygen atoms in total. The van der Waals surface area contributed by atoms with Crippen molar-refractivity contribution >= 4 is 5.91 Å². The Kier molecular flexibility index (Phi) is 10.0. The SMILES string of the molecule is C[C@H](O)C(=O)N(CC[C@H](N)C(F)F)C(c1nc(-c2cc(F)ccc2F)nn1Cc1cccc(C(F)(F)F)c1)C(C)(C)C. The molecule has 3 aromatic rings. The van der Waals surface area contributed by atoms with Crippen LogP contribution in [0.3, 0.4) is 0 Å². The highest BCUT2D eigenvalue weighted by molar-refractivity contribution is 5.80. The van der Waals surface area contributed by atoms with E-state index < -0.39 is 59.3 Å². The molecule has 0 saturated heterocycles. The first kappa shape index (κ1) is 33.0. The Balaban J connectivity index is 2.24. The molecule has 0 aliphatic carbocycles. The Morgan fingerprint density at radius 3 is 2.33 bits per heavy atom. The molecule has 1 unspecified atom stereocenters. The summed E-state index contributed by atoms with van der Waals surface area (Å²) in [5.41, 5.74) is 3.43. The molecule has 3 N–H and O–H groups in total. The summed E-state index contributed by atoms with van der Waals surface area (Å²) in [6, 6.07) is 4.21. The van der Waals surface area contributed by atoms with Crippen LogP contribution in [0.1, 0.15) is 57.1 Å². The lowest BCUT2D eigenvalue weighted by atomic mass is 9.84. The van der Waals surface area contributed by atoms with E-state index in [0.29, 0.717) is 0 Å². The van der Waals surface area contributed by atoms with Crippen molar-refractivity contribution in [2.75, 3.05) is 6.54 Å². The zero-order chi connectivity index (χ0) is 31.6. The summed E-state index contributed by atoms with van der Waals surface area (Å²) in [6.07, 6.45) is -9.48. The average molecular weight is 604 g/mol. The fourth-order valence-corrected chi connectivity index (χ4v) is 4.49. The topological polar surface area (TPSA) is 97.3 Å². The van der Waals surface area contributed by atoms with Crippen molar-refractivity contribution in [3.8, 4) is 11.4 Å². The van der Waals surface area contributed by atoms with Crippen LogP contribution in [0.5, 0.6) is 0 Å². The van der Waals surface area contributed by atoms with Crippen molar-refractivity contribution in [2.24, 2.45) is 11.1 Å². The number of nitrogens with zero attached hydrogens (tertiary/aromatic N) is 4. The van der Waals surface area contributed by atoms with Gasteiger partial charge in [-0.05, 0) is 54.7 Å². The molecule has 0 spiro atoms. The van der Waals surface area contributed by atoms with Crippen molar-refractivity contribution < 1.29 is 40.6 Å². The minimum absolute atomic E-state index is 0.0572. The van der Waals surface area contributed by atoms with E-state index in [-0.39, 0.29) is 42.3 Å². The van der Waals surface area contributed by atoms with Gasteiger partial charge in [-0.3, -0.25) is 4.79 Å². The Labute approximate surface area is 238 Å². The molecule has 0 radical (unpaired) electrons. The number of aliphatic hydroxyl groups excluding tert-OH is 1. The maximum Gasteiger partial charge on any atom is 0.416 e. The van der Waals surface area contributed by atoms with Gasteiger partial charge in [0.2, 0.25) is 0 Å². The normalized spacial score (nSPS) is 14.6. The molecule has 230 valence electrons. The van der Waals surface area contributed by atoms with Crippen molar-refractivity contribution in [1.82, 2.24) is 19.7 Å². The molecule has 0 aliphatic heterocycles. The Morgan fingerprint density at radius 1 is 1.10 bits per heavy atom. The molecule has 0 bridgehead atoms. The maximum absolute atomic E-state index is 14.8. The van der Waals surface area contributed by atoms with E-state index in [4.69, 9.17) is 5.73 Å². The fraction of sp³-hybridized carbons (Fsp3) is 0.464. The second-order valence-corrected chi connectivity index (χ2v) is 11.0. The van der Waals surface area contributed by atoms with E-state index in [0.717, 1.165) is 39.9 Å². The number of benzene rings is 2. The lowest BCUT2D eigenvalue weighted by Gasteiger charge is -2.40. The van der Waals surface area contributed by atoms with E-state index in [1.807, 2.05) is 0 Å². The van der Waals surface area contributed by atoms with Gasteiger partial charge in [-0.15, -0.1) is 0 Å². The van der Waals surface area contributed by atoms with E-state index in [9.17, 15) is 40.6 Å². The first-order chi connectivity index (χ1) is 19.4. The van der Waals surface area contributed by atoms with Gasteiger partial charge in [-0.25, -0.2) is 27.2 Å². The van der Waals surface area contributed by atoms with Crippen LogP contribution < -0.4 is 5.73 Å². The molecule has 0 saturated carbocycles. The Morgan fingerprint density at radius 2 is 1.76 bits per heavy atom. The molecule has 3 atom stereocenters. The van der Waals surface area contributed by atoms with Gasteiger partial charge in [0, 0.05) is 6.54 Å². The number of halogens is 7. The molecule has 1 aromatic heterocycles. The highest BCUT2D eigenvalue weighted by Gasteiger charge is 2.40. The Hall–Kier alpha value is -3.52. The van der Waals surface area contributed by atoms with Crippen molar-refractivity contribution in [2.45, 2.75) is 71.4 Å². The first-order valence-electron chi connectivity index (χ1n) is 13.0. The quantitative estimate of drug-likeness (QED) is 0.296. The van der Waals surface area contributed by atoms with Gasteiger partial charge in [-0.1, -0.05) is 32.9 Å². The summed E-state index contributed by atoms with van der Waals surface area (Å²) in [6.45, 7) is 5.54. The number of carbonyl (C=O) groups excluding carboxylic acids is 1. The first-order valence-corrected chi connectivity index (χ1v) is 13.0. The molecule has 0 fully saturated rings. The van der Waals surface area contributed by atoms with Crippen molar-refractivity contribution in [3.63, 3.8) is 0 Å². The van der Waals surface area contributed by atoms with Crippen molar-refractivity contribution in [1.29, 1.82) is 0 Å². The smallest absolute Gasteiger partial charge is 0.384 e. The minimum atomic E-state index is -4.64. The molecule has 3 rings (SSSR count). The average Bonchev–Trinajstić information content (AvgIpc) is 3.28. The lowest BCUT2D eigenvalue weighted by molar-refractivity contribution is -0.145. The van der Waals surface area contributed by atoms with Gasteiger partial charge in [0.1, 0.15) is 17.7 Å². The standard InChI is InChI=1S/C28H32F7N5O2/c1-15(41)26(42)39(11-10-21(36)23(31)32)22(27(2,3)4)25-37-24(19-13-18(29)8-9-20(19)30)38-40(25)14-16-6-5-7-17(12-16)28(33,34)35/h5-9,12-13,15,21-23,41H,10-11,14,36H2,1-4H3/t15-,21-,22?/m0/s1. The summed E-state index contributed by atoms with van der Waals surface area (Å²) in [5.74, 6) is -2.92. The number of hydrogen-bond donors (Lipinski definition) is 2. The second-order valence-electron chi connectivity index (χ2n) is 11.0. The molecular formula is C28H32F7N5O2. The van der Waals surface area contributed by atoms with Crippen LogP contribution in [0.4, 0.5) is 30.7 Å². The summed E-state index contributed by atoms with van der Waals surface area (Å²) < 4.78 is 96.7. The van der Waals surface area contributed by atoms with Gasteiger partial charge in [-0.2, -0.15) is 18.3 Å². The molecular weight excluding hydrogens is 571 g/mol. The summed E-state index contributed by atoms with van der Waals surface area (Å²) in [4.78, 5) is 18.8. The predicted molar refractivity (Wildman–Crippen MR) is 140 cm³/mol. The number of aliphatic hydroxyl groups is 1. The summed E-state index contributed by atoms with van der Waals surface area (Å²) in [7, 11) is 0. The van der Waals surface area contributed by atoms with Crippen LogP contribution in [-0.4, -0.2) is 55.8 Å². The minimum Gasteiger partial charge on any atom is -0.384 e. The molecule has 0 aliphatic rings.